The lowest BCUT2D eigenvalue weighted by atomic mass is 10.1. The molecule has 5 heteroatoms. The maximum absolute atomic E-state index is 11.8. The Labute approximate surface area is 114 Å². The van der Waals surface area contributed by atoms with Crippen LogP contribution in [0.3, 0.4) is 0 Å². The van der Waals surface area contributed by atoms with Crippen molar-refractivity contribution in [2.45, 2.75) is 13.8 Å². The lowest BCUT2D eigenvalue weighted by Gasteiger charge is -2.08. The maximum Gasteiger partial charge on any atom is 0.252 e. The van der Waals surface area contributed by atoms with Gasteiger partial charge in [-0.1, -0.05) is 25.4 Å². The number of hydrogen-bond donors (Lipinski definition) is 1. The van der Waals surface area contributed by atoms with Crippen LogP contribution < -0.4 is 5.32 Å². The summed E-state index contributed by atoms with van der Waals surface area (Å²) in [6.07, 6.45) is 0. The van der Waals surface area contributed by atoms with E-state index in [2.05, 4.69) is 21.2 Å². The smallest absolute Gasteiger partial charge is 0.252 e. The summed E-state index contributed by atoms with van der Waals surface area (Å²) >= 11 is 9.07. The Morgan fingerprint density at radius 1 is 1.41 bits per heavy atom. The van der Waals surface area contributed by atoms with Crippen molar-refractivity contribution in [3.8, 4) is 0 Å². The average molecular weight is 319 g/mol. The van der Waals surface area contributed by atoms with Crippen molar-refractivity contribution in [1.29, 1.82) is 0 Å². The molecule has 1 N–H and O–H groups in total. The largest absolute Gasteiger partial charge is 0.345 e. The summed E-state index contributed by atoms with van der Waals surface area (Å²) in [6, 6.07) is 4.93. The molecule has 17 heavy (non-hydrogen) atoms. The first-order valence-corrected chi connectivity index (χ1v) is 6.35. The third-order valence-electron chi connectivity index (χ3n) is 2.24. The predicted molar refractivity (Wildman–Crippen MR) is 71.3 cm³/mol. The van der Waals surface area contributed by atoms with Gasteiger partial charge in [0.05, 0.1) is 12.1 Å². The summed E-state index contributed by atoms with van der Waals surface area (Å²) in [7, 11) is 0. The molecule has 3 nitrogen and oxygen atoms in total. The lowest BCUT2D eigenvalue weighted by molar-refractivity contribution is -0.120. The van der Waals surface area contributed by atoms with Gasteiger partial charge in [0.1, 0.15) is 0 Å². The summed E-state index contributed by atoms with van der Waals surface area (Å²) in [5, 5.41) is 3.05. The van der Waals surface area contributed by atoms with Gasteiger partial charge < -0.3 is 5.32 Å². The van der Waals surface area contributed by atoms with Crippen LogP contribution in [0, 0.1) is 5.92 Å². The molecule has 92 valence electrons. The van der Waals surface area contributed by atoms with E-state index in [0.717, 1.165) is 0 Å². The van der Waals surface area contributed by atoms with Gasteiger partial charge in [0.25, 0.3) is 5.91 Å². The van der Waals surface area contributed by atoms with E-state index in [-0.39, 0.29) is 24.2 Å². The molecular weight excluding hydrogens is 305 g/mol. The van der Waals surface area contributed by atoms with Crippen molar-refractivity contribution in [3.05, 3.63) is 33.3 Å². The molecule has 1 rings (SSSR count). The molecule has 1 aromatic rings. The number of carbonyl (C=O) groups excluding carboxylic acids is 2. The van der Waals surface area contributed by atoms with Crippen LogP contribution in [-0.2, 0) is 4.79 Å². The van der Waals surface area contributed by atoms with Gasteiger partial charge >= 0.3 is 0 Å². The van der Waals surface area contributed by atoms with Gasteiger partial charge in [-0.25, -0.2) is 0 Å². The Hall–Kier alpha value is -0.870. The second-order valence-electron chi connectivity index (χ2n) is 3.93. The highest BCUT2D eigenvalue weighted by Gasteiger charge is 2.13. The standard InChI is InChI=1S/C12H13BrClNO2/c1-7(2)11(16)6-15-12(17)9-5-8(14)3-4-10(9)13/h3-5,7H,6H2,1-2H3,(H,15,17). The van der Waals surface area contributed by atoms with Gasteiger partial charge in [-0.05, 0) is 34.1 Å². The fraction of sp³-hybridized carbons (Fsp3) is 0.333. The molecular formula is C12H13BrClNO2. The topological polar surface area (TPSA) is 46.2 Å². The molecule has 1 aromatic carbocycles. The van der Waals surface area contributed by atoms with Crippen molar-refractivity contribution in [3.63, 3.8) is 0 Å². The molecule has 1 amide bonds. The normalized spacial score (nSPS) is 10.4. The zero-order valence-corrected chi connectivity index (χ0v) is 11.9. The highest BCUT2D eigenvalue weighted by Crippen LogP contribution is 2.20. The number of amides is 1. The summed E-state index contributed by atoms with van der Waals surface area (Å²) in [4.78, 5) is 23.2. The third-order valence-corrected chi connectivity index (χ3v) is 3.17. The first-order valence-electron chi connectivity index (χ1n) is 5.17. The second-order valence-corrected chi connectivity index (χ2v) is 5.22. The molecule has 0 saturated heterocycles. The minimum absolute atomic E-state index is 0.00324. The fourth-order valence-corrected chi connectivity index (χ4v) is 1.74. The molecule has 0 unspecified atom stereocenters. The molecule has 0 aliphatic carbocycles. The van der Waals surface area contributed by atoms with Crippen molar-refractivity contribution < 1.29 is 9.59 Å². The van der Waals surface area contributed by atoms with Crippen molar-refractivity contribution in [2.24, 2.45) is 5.92 Å². The number of Topliss-reactive ketones (excluding diaryl/α,β-unsaturated/α-hetero) is 1. The molecule has 0 aromatic heterocycles. The van der Waals surface area contributed by atoms with E-state index >= 15 is 0 Å². The minimum Gasteiger partial charge on any atom is -0.345 e. The van der Waals surface area contributed by atoms with Crippen LogP contribution in [-0.4, -0.2) is 18.2 Å². The molecule has 0 fully saturated rings. The van der Waals surface area contributed by atoms with Crippen molar-refractivity contribution >= 4 is 39.2 Å². The number of ketones is 1. The van der Waals surface area contributed by atoms with Crippen LogP contribution in [0.25, 0.3) is 0 Å². The van der Waals surface area contributed by atoms with E-state index < -0.39 is 0 Å². The molecule has 0 aliphatic rings. The van der Waals surface area contributed by atoms with E-state index in [1.165, 1.54) is 0 Å². The monoisotopic (exact) mass is 317 g/mol. The molecule has 0 radical (unpaired) electrons. The SMILES string of the molecule is CC(C)C(=O)CNC(=O)c1cc(Cl)ccc1Br. The third kappa shape index (κ3) is 4.13. The number of nitrogens with one attached hydrogen (secondary N) is 1. The fourth-order valence-electron chi connectivity index (χ4n) is 1.14. The summed E-state index contributed by atoms with van der Waals surface area (Å²) in [5.74, 6) is -0.400. The van der Waals surface area contributed by atoms with E-state index in [4.69, 9.17) is 11.6 Å². The van der Waals surface area contributed by atoms with E-state index in [1.54, 1.807) is 32.0 Å². The summed E-state index contributed by atoms with van der Waals surface area (Å²) < 4.78 is 0.649. The Kier molecular flexibility index (Phi) is 5.15. The van der Waals surface area contributed by atoms with Gasteiger partial charge in [0.15, 0.2) is 5.78 Å². The first kappa shape index (κ1) is 14.2. The molecule has 0 saturated carbocycles. The molecule has 0 spiro atoms. The number of benzene rings is 1. The number of hydrogen-bond acceptors (Lipinski definition) is 2. The lowest BCUT2D eigenvalue weighted by Crippen LogP contribution is -2.31. The Morgan fingerprint density at radius 2 is 2.06 bits per heavy atom. The number of rotatable bonds is 4. The van der Waals surface area contributed by atoms with Crippen LogP contribution in [0.4, 0.5) is 0 Å². The van der Waals surface area contributed by atoms with Crippen molar-refractivity contribution in [2.75, 3.05) is 6.54 Å². The molecule has 0 bridgehead atoms. The number of halogens is 2. The van der Waals surface area contributed by atoms with Gasteiger partial charge in [-0.2, -0.15) is 0 Å². The Balaban J connectivity index is 2.70. The summed E-state index contributed by atoms with van der Waals surface area (Å²) in [5.41, 5.74) is 0.425. The molecule has 0 heterocycles. The highest BCUT2D eigenvalue weighted by molar-refractivity contribution is 9.10. The van der Waals surface area contributed by atoms with Crippen molar-refractivity contribution in [1.82, 2.24) is 5.32 Å². The minimum atomic E-state index is -0.312. The molecule has 0 aliphatic heterocycles. The van der Waals surface area contributed by atoms with Gasteiger partial charge in [-0.15, -0.1) is 0 Å². The molecule has 0 atom stereocenters. The quantitative estimate of drug-likeness (QED) is 0.927. The Bertz CT molecular complexity index is 446. The van der Waals surface area contributed by atoms with Crippen LogP contribution >= 0.6 is 27.5 Å². The number of carbonyl (C=O) groups is 2. The van der Waals surface area contributed by atoms with Crippen LogP contribution in [0.1, 0.15) is 24.2 Å². The van der Waals surface area contributed by atoms with Crippen LogP contribution in [0.2, 0.25) is 5.02 Å². The van der Waals surface area contributed by atoms with Gasteiger partial charge in [-0.3, -0.25) is 9.59 Å². The van der Waals surface area contributed by atoms with Gasteiger partial charge in [0, 0.05) is 15.4 Å². The second kappa shape index (κ2) is 6.17. The van der Waals surface area contributed by atoms with Gasteiger partial charge in [0.2, 0.25) is 0 Å². The van der Waals surface area contributed by atoms with Crippen LogP contribution in [0.5, 0.6) is 0 Å². The zero-order valence-electron chi connectivity index (χ0n) is 9.59. The Morgan fingerprint density at radius 3 is 2.65 bits per heavy atom. The van der Waals surface area contributed by atoms with E-state index in [0.29, 0.717) is 15.1 Å². The van der Waals surface area contributed by atoms with E-state index in [9.17, 15) is 9.59 Å². The highest BCUT2D eigenvalue weighted by atomic mass is 79.9. The summed E-state index contributed by atoms with van der Waals surface area (Å²) in [6.45, 7) is 3.63. The zero-order chi connectivity index (χ0) is 13.0. The van der Waals surface area contributed by atoms with E-state index in [1.807, 2.05) is 0 Å². The van der Waals surface area contributed by atoms with Crippen LogP contribution in [0.15, 0.2) is 22.7 Å². The maximum atomic E-state index is 11.8. The predicted octanol–water partition coefficient (Wildman–Crippen LogP) is 3.06. The first-order chi connectivity index (χ1) is 7.91. The average Bonchev–Trinajstić information content (AvgIpc) is 2.28.